The van der Waals surface area contributed by atoms with Crippen LogP contribution in [0.5, 0.6) is 0 Å². The molecule has 1 aliphatic heterocycles. The quantitative estimate of drug-likeness (QED) is 0.300. The number of nitrogens with one attached hydrogen (secondary N) is 2. The van der Waals surface area contributed by atoms with E-state index in [9.17, 15) is 13.8 Å². The van der Waals surface area contributed by atoms with Crippen LogP contribution in [-0.2, 0) is 15.8 Å². The van der Waals surface area contributed by atoms with Crippen LogP contribution in [0.1, 0.15) is 56.9 Å². The molecule has 2 fully saturated rings. The molecule has 0 bridgehead atoms. The van der Waals surface area contributed by atoms with E-state index in [4.69, 9.17) is 9.72 Å². The van der Waals surface area contributed by atoms with Gasteiger partial charge in [-0.25, -0.2) is 14.2 Å². The van der Waals surface area contributed by atoms with Crippen molar-refractivity contribution in [2.45, 2.75) is 70.6 Å². The zero-order valence-corrected chi connectivity index (χ0v) is 23.6. The molecule has 3 heterocycles. The van der Waals surface area contributed by atoms with E-state index in [1.807, 2.05) is 38.2 Å². The summed E-state index contributed by atoms with van der Waals surface area (Å²) in [6, 6.07) is 6.18. The molecule has 38 heavy (non-hydrogen) atoms. The van der Waals surface area contributed by atoms with Crippen molar-refractivity contribution in [2.24, 2.45) is 0 Å². The van der Waals surface area contributed by atoms with Gasteiger partial charge in [0.15, 0.2) is 0 Å². The Hall–Kier alpha value is -2.71. The van der Waals surface area contributed by atoms with Crippen LogP contribution in [0.2, 0.25) is 0 Å². The van der Waals surface area contributed by atoms with E-state index in [1.54, 1.807) is 28.4 Å². The van der Waals surface area contributed by atoms with E-state index in [0.717, 1.165) is 76.6 Å². The number of nitrogens with zero attached hydrogens (tertiary/aromatic N) is 3. The maximum Gasteiger partial charge on any atom is 0.407 e. The molecule has 204 valence electrons. The topological polar surface area (TPSA) is 98.1 Å². The number of thiazole rings is 1. The third-order valence-electron chi connectivity index (χ3n) is 7.24. The summed E-state index contributed by atoms with van der Waals surface area (Å²) in [5, 5.41) is 12.5. The maximum absolute atomic E-state index is 13.7. The summed E-state index contributed by atoms with van der Waals surface area (Å²) < 4.78 is 33.1. The van der Waals surface area contributed by atoms with E-state index in [1.165, 1.54) is 0 Å². The van der Waals surface area contributed by atoms with Gasteiger partial charge >= 0.3 is 6.09 Å². The third kappa shape index (κ3) is 6.12. The summed E-state index contributed by atoms with van der Waals surface area (Å²) in [6.45, 7) is 3.45. The smallest absolute Gasteiger partial charge is 0.407 e. The Labute approximate surface area is 226 Å². The van der Waals surface area contributed by atoms with Crippen LogP contribution in [0, 0.1) is 0 Å². The number of benzene rings is 1. The fraction of sp³-hybridized carbons (Fsp3) is 0.519. The van der Waals surface area contributed by atoms with Gasteiger partial charge < -0.3 is 19.9 Å². The van der Waals surface area contributed by atoms with Crippen LogP contribution >= 0.6 is 18.5 Å². The van der Waals surface area contributed by atoms with Crippen LogP contribution < -0.4 is 15.9 Å². The Morgan fingerprint density at radius 1 is 1.21 bits per heavy atom. The summed E-state index contributed by atoms with van der Waals surface area (Å²) in [4.78, 5) is 17.8. The average molecular weight is 560 g/mol. The second kappa shape index (κ2) is 11.6. The van der Waals surface area contributed by atoms with Gasteiger partial charge in [-0.3, -0.25) is 4.68 Å². The number of anilines is 2. The number of aryl methyl sites for hydroxylation is 1. The molecular formula is C27H35FN5O3PS. The van der Waals surface area contributed by atoms with Crippen molar-refractivity contribution < 1.29 is 18.5 Å². The molecule has 1 amide bonds. The lowest BCUT2D eigenvalue weighted by Crippen LogP contribution is -2.38. The first kappa shape index (κ1) is 26.9. The molecule has 11 heteroatoms. The summed E-state index contributed by atoms with van der Waals surface area (Å²) in [5.41, 5.74) is 2.62. The number of rotatable bonds is 9. The van der Waals surface area contributed by atoms with Crippen LogP contribution in [-0.4, -0.2) is 52.0 Å². The van der Waals surface area contributed by atoms with Gasteiger partial charge in [0.25, 0.3) is 0 Å². The summed E-state index contributed by atoms with van der Waals surface area (Å²) in [7, 11) is -2.42. The van der Waals surface area contributed by atoms with Crippen LogP contribution in [0.25, 0.3) is 10.4 Å². The normalized spacial score (nSPS) is 20.6. The number of hydrogen-bond donors (Lipinski definition) is 2. The second-order valence-corrected chi connectivity index (χ2v) is 14.7. The Kier molecular flexibility index (Phi) is 8.19. The maximum atomic E-state index is 13.7. The minimum atomic E-state index is -2.42. The first-order valence-electron chi connectivity index (χ1n) is 13.3. The lowest BCUT2D eigenvalue weighted by molar-refractivity contribution is 0.109. The van der Waals surface area contributed by atoms with E-state index in [0.29, 0.717) is 5.92 Å². The SMILES string of the molecule is CC(C)OC(=O)N[C@H]1CC[C@H](c2ncc(-c3ccc(Nc4cnn(CCF)c4)cc3P3(=O)CCC3)s2)CC1. The molecule has 1 aromatic carbocycles. The number of halogens is 1. The Morgan fingerprint density at radius 2 is 2.00 bits per heavy atom. The Morgan fingerprint density at radius 3 is 2.68 bits per heavy atom. The molecule has 2 N–H and O–H groups in total. The Balaban J connectivity index is 1.30. The average Bonchev–Trinajstić information content (AvgIpc) is 3.53. The number of hydrogen-bond acceptors (Lipinski definition) is 7. The van der Waals surface area contributed by atoms with Crippen molar-refractivity contribution in [3.8, 4) is 10.4 Å². The monoisotopic (exact) mass is 559 g/mol. The fourth-order valence-electron chi connectivity index (χ4n) is 5.15. The predicted molar refractivity (Wildman–Crippen MR) is 150 cm³/mol. The summed E-state index contributed by atoms with van der Waals surface area (Å²) >= 11 is 1.69. The number of aromatic nitrogens is 3. The molecule has 1 saturated heterocycles. The molecule has 5 rings (SSSR count). The van der Waals surface area contributed by atoms with E-state index < -0.39 is 13.8 Å². The lowest BCUT2D eigenvalue weighted by atomic mass is 9.86. The molecule has 2 aromatic heterocycles. The number of carbonyl (C=O) groups excluding carboxylic acids is 1. The minimum absolute atomic E-state index is 0.128. The van der Waals surface area contributed by atoms with Crippen molar-refractivity contribution in [3.63, 3.8) is 0 Å². The highest BCUT2D eigenvalue weighted by atomic mass is 32.1. The van der Waals surface area contributed by atoms with Gasteiger partial charge in [0, 0.05) is 53.2 Å². The highest BCUT2D eigenvalue weighted by molar-refractivity contribution is 7.73. The van der Waals surface area contributed by atoms with Crippen LogP contribution in [0.3, 0.4) is 0 Å². The fourth-order valence-corrected chi connectivity index (χ4v) is 8.73. The van der Waals surface area contributed by atoms with Gasteiger partial charge in [-0.2, -0.15) is 5.10 Å². The third-order valence-corrected chi connectivity index (χ3v) is 11.8. The summed E-state index contributed by atoms with van der Waals surface area (Å²) in [6.07, 6.45) is 11.1. The molecule has 3 aromatic rings. The number of amides is 1. The predicted octanol–water partition coefficient (Wildman–Crippen LogP) is 6.27. The largest absolute Gasteiger partial charge is 0.447 e. The highest BCUT2D eigenvalue weighted by Gasteiger charge is 2.35. The van der Waals surface area contributed by atoms with Crippen molar-refractivity contribution in [3.05, 3.63) is 41.8 Å². The standard InChI is InChI=1S/C27H35FN5O3PS/c1-18(2)36-27(34)32-20-6-4-19(5-7-20)26-29-16-25(38-26)23-9-8-21(14-24(23)37(35)12-3-13-37)31-22-15-30-33(17-22)11-10-28/h8-9,14-20,31H,3-7,10-13H2,1-2H3,(H,32,34)/t19-,20-. The molecule has 8 nitrogen and oxygen atoms in total. The zero-order valence-electron chi connectivity index (χ0n) is 21.9. The van der Waals surface area contributed by atoms with Crippen molar-refractivity contribution in [1.29, 1.82) is 0 Å². The molecule has 1 aliphatic carbocycles. The van der Waals surface area contributed by atoms with Crippen molar-refractivity contribution in [1.82, 2.24) is 20.1 Å². The molecule has 2 aliphatic rings. The van der Waals surface area contributed by atoms with Gasteiger partial charge in [-0.1, -0.05) is 6.07 Å². The van der Waals surface area contributed by atoms with Gasteiger partial charge in [0.05, 0.1) is 34.4 Å². The minimum Gasteiger partial charge on any atom is -0.447 e. The van der Waals surface area contributed by atoms with E-state index in [2.05, 4.69) is 15.7 Å². The molecule has 0 atom stereocenters. The van der Waals surface area contributed by atoms with Gasteiger partial charge in [0.1, 0.15) is 13.8 Å². The summed E-state index contributed by atoms with van der Waals surface area (Å²) in [5.74, 6) is 0.359. The molecule has 1 saturated carbocycles. The highest BCUT2D eigenvalue weighted by Crippen LogP contribution is 2.56. The second-order valence-electron chi connectivity index (χ2n) is 10.4. The number of alkyl halides is 1. The number of carbonyl (C=O) groups is 1. The zero-order chi connectivity index (χ0) is 26.7. The molecule has 0 radical (unpaired) electrons. The van der Waals surface area contributed by atoms with Gasteiger partial charge in [-0.05, 0) is 58.1 Å². The lowest BCUT2D eigenvalue weighted by Gasteiger charge is -2.29. The Bertz CT molecular complexity index is 1310. The molecular weight excluding hydrogens is 524 g/mol. The van der Waals surface area contributed by atoms with E-state index >= 15 is 0 Å². The molecule has 0 unspecified atom stereocenters. The van der Waals surface area contributed by atoms with Crippen molar-refractivity contribution in [2.75, 3.05) is 24.3 Å². The van der Waals surface area contributed by atoms with Crippen LogP contribution in [0.4, 0.5) is 20.6 Å². The first-order valence-corrected chi connectivity index (χ1v) is 16.2. The van der Waals surface area contributed by atoms with Gasteiger partial charge in [0.2, 0.25) is 0 Å². The number of ether oxygens (including phenoxy) is 1. The van der Waals surface area contributed by atoms with Crippen molar-refractivity contribution >= 4 is 41.3 Å². The van der Waals surface area contributed by atoms with Gasteiger partial charge in [-0.15, -0.1) is 11.3 Å². The first-order chi connectivity index (χ1) is 18.3. The van der Waals surface area contributed by atoms with E-state index in [-0.39, 0.29) is 24.8 Å². The molecule has 0 spiro atoms. The van der Waals surface area contributed by atoms with Crippen LogP contribution in [0.15, 0.2) is 36.8 Å². The number of alkyl carbamates (subject to hydrolysis) is 1.